The van der Waals surface area contributed by atoms with Gasteiger partial charge in [0, 0.05) is 48.8 Å². The summed E-state index contributed by atoms with van der Waals surface area (Å²) < 4.78 is 0.674. The predicted octanol–water partition coefficient (Wildman–Crippen LogP) is 2.32. The second-order valence-corrected chi connectivity index (χ2v) is 7.47. The molecule has 0 unspecified atom stereocenters. The lowest BCUT2D eigenvalue weighted by atomic mass is 10.1. The predicted molar refractivity (Wildman–Crippen MR) is 120 cm³/mol. The monoisotopic (exact) mass is 414 g/mol. The Morgan fingerprint density at radius 1 is 0.839 bits per heavy atom. The first-order valence-electron chi connectivity index (χ1n) is 10.2. The van der Waals surface area contributed by atoms with E-state index in [-0.39, 0.29) is 17.0 Å². The van der Waals surface area contributed by atoms with Gasteiger partial charge in [-0.3, -0.25) is 0 Å². The Morgan fingerprint density at radius 3 is 2.45 bits per heavy atom. The van der Waals surface area contributed by atoms with Crippen molar-refractivity contribution in [3.05, 3.63) is 83.2 Å². The molecule has 2 N–H and O–H groups in total. The maximum Gasteiger partial charge on any atom is 0.465 e. The van der Waals surface area contributed by atoms with Crippen molar-refractivity contribution in [3.63, 3.8) is 0 Å². The molecule has 5 rings (SSSR count). The zero-order chi connectivity index (χ0) is 21.2. The maximum atomic E-state index is 13.1. The minimum Gasteiger partial charge on any atom is -0.739 e. The van der Waals surface area contributed by atoms with Gasteiger partial charge in [-0.05, 0) is 35.4 Å². The summed E-state index contributed by atoms with van der Waals surface area (Å²) in [7, 11) is 0. The van der Waals surface area contributed by atoms with Gasteiger partial charge in [-0.15, -0.1) is 0 Å². The van der Waals surface area contributed by atoms with Crippen LogP contribution in [0.1, 0.15) is 0 Å². The normalized spacial score (nSPS) is 14.0. The van der Waals surface area contributed by atoms with Gasteiger partial charge < -0.3 is 20.6 Å². The molecule has 8 nitrogen and oxygen atoms in total. The molecule has 0 spiro atoms. The standard InChI is InChI=1S/C23H22N6O2/c30-28-22-15-18(17-5-2-1-3-6-17)9-10-21(22)29(31)26-23(28)25-19-7-4-8-20(16-19)27-13-11-24-12-14-27/h1-10,15-16,24H,11-14H2,(H,25,26). The van der Waals surface area contributed by atoms with Crippen LogP contribution in [0.4, 0.5) is 17.3 Å². The third-order valence-corrected chi connectivity index (χ3v) is 5.47. The van der Waals surface area contributed by atoms with Crippen LogP contribution in [0.25, 0.3) is 22.2 Å². The summed E-state index contributed by atoms with van der Waals surface area (Å²) in [6.07, 6.45) is 0. The Kier molecular flexibility index (Phi) is 4.97. The summed E-state index contributed by atoms with van der Waals surface area (Å²) in [5, 5.41) is 35.9. The highest BCUT2D eigenvalue weighted by atomic mass is 16.5. The lowest BCUT2D eigenvalue weighted by molar-refractivity contribution is -0.672. The quantitative estimate of drug-likeness (QED) is 0.393. The van der Waals surface area contributed by atoms with Crippen LogP contribution >= 0.6 is 0 Å². The van der Waals surface area contributed by atoms with Crippen LogP contribution < -0.4 is 25.1 Å². The number of piperazine rings is 1. The highest BCUT2D eigenvalue weighted by molar-refractivity contribution is 5.77. The number of aromatic nitrogens is 3. The van der Waals surface area contributed by atoms with E-state index in [9.17, 15) is 10.4 Å². The molecule has 2 heterocycles. The van der Waals surface area contributed by atoms with Crippen molar-refractivity contribution >= 4 is 28.4 Å². The molecule has 156 valence electrons. The molecule has 31 heavy (non-hydrogen) atoms. The average molecular weight is 414 g/mol. The Bertz CT molecular complexity index is 1230. The van der Waals surface area contributed by atoms with Crippen LogP contribution in [-0.2, 0) is 0 Å². The van der Waals surface area contributed by atoms with Crippen LogP contribution in [0.3, 0.4) is 0 Å². The molecule has 0 atom stereocenters. The van der Waals surface area contributed by atoms with Gasteiger partial charge in [0.2, 0.25) is 5.10 Å². The van der Waals surface area contributed by atoms with E-state index in [2.05, 4.69) is 20.6 Å². The van der Waals surface area contributed by atoms with E-state index in [1.54, 1.807) is 12.1 Å². The van der Waals surface area contributed by atoms with E-state index in [1.165, 1.54) is 0 Å². The van der Waals surface area contributed by atoms with E-state index < -0.39 is 0 Å². The van der Waals surface area contributed by atoms with E-state index in [1.807, 2.05) is 60.7 Å². The van der Waals surface area contributed by atoms with Crippen LogP contribution in [0.5, 0.6) is 0 Å². The Morgan fingerprint density at radius 2 is 1.65 bits per heavy atom. The molecule has 0 saturated carbocycles. The molecule has 0 radical (unpaired) electrons. The van der Waals surface area contributed by atoms with Gasteiger partial charge in [0.1, 0.15) is 5.69 Å². The number of hydrogen-bond acceptors (Lipinski definition) is 6. The number of benzene rings is 3. The van der Waals surface area contributed by atoms with Gasteiger partial charge in [-0.2, -0.15) is 0 Å². The number of fused-ring (bicyclic) bond motifs is 1. The van der Waals surface area contributed by atoms with Gasteiger partial charge >= 0.3 is 5.95 Å². The lowest BCUT2D eigenvalue weighted by Gasteiger charge is -2.29. The molecule has 1 aliphatic rings. The maximum absolute atomic E-state index is 13.1. The van der Waals surface area contributed by atoms with Crippen molar-refractivity contribution in [1.29, 1.82) is 0 Å². The van der Waals surface area contributed by atoms with Gasteiger partial charge in [0.15, 0.2) is 5.52 Å². The minimum absolute atomic E-state index is 0.0647. The summed E-state index contributed by atoms with van der Waals surface area (Å²) in [5.41, 5.74) is 4.06. The van der Waals surface area contributed by atoms with Gasteiger partial charge in [-0.25, -0.2) is 10.0 Å². The molecule has 0 aliphatic carbocycles. The Labute approximate surface area is 179 Å². The molecule has 3 aromatic carbocycles. The largest absolute Gasteiger partial charge is 0.739 e. The second-order valence-electron chi connectivity index (χ2n) is 7.47. The first-order valence-corrected chi connectivity index (χ1v) is 10.2. The topological polar surface area (TPSA) is 94.1 Å². The summed E-state index contributed by atoms with van der Waals surface area (Å²) in [6.45, 7) is 3.71. The number of anilines is 3. The Hall–Kier alpha value is -3.91. The summed E-state index contributed by atoms with van der Waals surface area (Å²) >= 11 is 0. The molecule has 0 amide bonds. The van der Waals surface area contributed by atoms with Crippen molar-refractivity contribution in [2.24, 2.45) is 0 Å². The average Bonchev–Trinajstić information content (AvgIpc) is 2.83. The van der Waals surface area contributed by atoms with Crippen LogP contribution in [0.2, 0.25) is 0 Å². The molecule has 1 aromatic heterocycles. The van der Waals surface area contributed by atoms with Crippen LogP contribution in [-0.4, -0.2) is 31.3 Å². The summed E-state index contributed by atoms with van der Waals surface area (Å²) in [4.78, 5) is 2.77. The fourth-order valence-corrected chi connectivity index (χ4v) is 3.86. The van der Waals surface area contributed by atoms with Crippen LogP contribution in [0, 0.1) is 10.4 Å². The molecule has 1 aliphatic heterocycles. The number of rotatable bonds is 4. The van der Waals surface area contributed by atoms with E-state index in [0.29, 0.717) is 15.3 Å². The third-order valence-electron chi connectivity index (χ3n) is 5.47. The SMILES string of the molecule is [O-][n+]1nc(Nc2cccc(N3CCNCC3)c2)[n+]([O-])c2cc(-c3ccccc3)ccc21. The van der Waals surface area contributed by atoms with Crippen molar-refractivity contribution in [1.82, 2.24) is 10.4 Å². The smallest absolute Gasteiger partial charge is 0.465 e. The molecule has 8 heteroatoms. The van der Waals surface area contributed by atoms with Crippen molar-refractivity contribution in [3.8, 4) is 11.1 Å². The number of nitrogens with zero attached hydrogens (tertiary/aromatic N) is 4. The van der Waals surface area contributed by atoms with Gasteiger partial charge in [0.05, 0.1) is 0 Å². The molecule has 4 aromatic rings. The van der Waals surface area contributed by atoms with Crippen molar-refractivity contribution in [2.75, 3.05) is 36.4 Å². The van der Waals surface area contributed by atoms with E-state index in [0.717, 1.165) is 43.0 Å². The number of nitrogens with one attached hydrogen (secondary N) is 2. The fourth-order valence-electron chi connectivity index (χ4n) is 3.86. The first kappa shape index (κ1) is 19.1. The zero-order valence-corrected chi connectivity index (χ0v) is 16.9. The fraction of sp³-hybridized carbons (Fsp3) is 0.174. The molecule has 1 saturated heterocycles. The van der Waals surface area contributed by atoms with E-state index in [4.69, 9.17) is 0 Å². The summed E-state index contributed by atoms with van der Waals surface area (Å²) in [6, 6.07) is 22.7. The van der Waals surface area contributed by atoms with Gasteiger partial charge in [0.25, 0.3) is 5.52 Å². The van der Waals surface area contributed by atoms with Crippen molar-refractivity contribution in [2.45, 2.75) is 0 Å². The lowest BCUT2D eigenvalue weighted by Crippen LogP contribution is -2.44. The Balaban J connectivity index is 1.51. The summed E-state index contributed by atoms with van der Waals surface area (Å²) in [5.74, 6) is -0.0647. The minimum atomic E-state index is -0.0647. The van der Waals surface area contributed by atoms with Crippen molar-refractivity contribution < 1.29 is 9.58 Å². The highest BCUT2D eigenvalue weighted by Crippen LogP contribution is 2.24. The zero-order valence-electron chi connectivity index (χ0n) is 16.9. The third kappa shape index (κ3) is 3.80. The highest BCUT2D eigenvalue weighted by Gasteiger charge is 2.22. The molecular weight excluding hydrogens is 392 g/mol. The first-order chi connectivity index (χ1) is 15.2. The van der Waals surface area contributed by atoms with Crippen LogP contribution in [0.15, 0.2) is 72.8 Å². The molecule has 0 bridgehead atoms. The molecular formula is C23H22N6O2. The molecule has 1 fully saturated rings. The second kappa shape index (κ2) is 8.08. The number of hydrogen-bond donors (Lipinski definition) is 2. The van der Waals surface area contributed by atoms with E-state index >= 15 is 0 Å². The van der Waals surface area contributed by atoms with Gasteiger partial charge in [-0.1, -0.05) is 36.4 Å².